The summed E-state index contributed by atoms with van der Waals surface area (Å²) < 4.78 is 4.67. The van der Waals surface area contributed by atoms with Gasteiger partial charge in [0.1, 0.15) is 0 Å². The van der Waals surface area contributed by atoms with Crippen LogP contribution in [-0.4, -0.2) is 13.1 Å². The Morgan fingerprint density at radius 1 is 1.46 bits per heavy atom. The van der Waals surface area contributed by atoms with E-state index in [2.05, 4.69) is 20.7 Å². The lowest BCUT2D eigenvalue weighted by molar-refractivity contribution is 0.0599. The lowest BCUT2D eigenvalue weighted by atomic mass is 10.1. The van der Waals surface area contributed by atoms with Gasteiger partial charge in [-0.05, 0) is 18.6 Å². The van der Waals surface area contributed by atoms with Gasteiger partial charge >= 0.3 is 5.97 Å². The van der Waals surface area contributed by atoms with Crippen molar-refractivity contribution in [1.82, 2.24) is 0 Å². The van der Waals surface area contributed by atoms with E-state index < -0.39 is 0 Å². The van der Waals surface area contributed by atoms with Gasteiger partial charge in [-0.25, -0.2) is 4.79 Å². The summed E-state index contributed by atoms with van der Waals surface area (Å²) in [4.78, 5) is 11.5. The minimum Gasteiger partial charge on any atom is -0.465 e. The summed E-state index contributed by atoms with van der Waals surface area (Å²) in [6.07, 6.45) is 0. The average Bonchev–Trinajstić information content (AvgIpc) is 2.16. The molecule has 0 radical (unpaired) electrons. The van der Waals surface area contributed by atoms with E-state index >= 15 is 0 Å². The molecule has 0 fully saturated rings. The topological polar surface area (TPSA) is 26.3 Å². The highest BCUT2D eigenvalue weighted by Gasteiger charge is 2.13. The van der Waals surface area contributed by atoms with Crippen LogP contribution in [0.4, 0.5) is 0 Å². The molecule has 0 spiro atoms. The van der Waals surface area contributed by atoms with Crippen molar-refractivity contribution in [2.45, 2.75) is 11.8 Å². The van der Waals surface area contributed by atoms with E-state index in [-0.39, 0.29) is 10.8 Å². The van der Waals surface area contributed by atoms with Crippen molar-refractivity contribution in [3.63, 3.8) is 0 Å². The van der Waals surface area contributed by atoms with Gasteiger partial charge < -0.3 is 4.74 Å². The number of benzene rings is 1. The third kappa shape index (κ3) is 2.31. The highest BCUT2D eigenvalue weighted by Crippen LogP contribution is 2.25. The van der Waals surface area contributed by atoms with Crippen LogP contribution in [0.25, 0.3) is 0 Å². The maximum Gasteiger partial charge on any atom is 0.338 e. The molecule has 1 atom stereocenters. The molecule has 70 valence electrons. The Kier molecular flexibility index (Phi) is 3.48. The number of hydrogen-bond acceptors (Lipinski definition) is 2. The lowest BCUT2D eigenvalue weighted by Gasteiger charge is -2.08. The van der Waals surface area contributed by atoms with E-state index in [1.54, 1.807) is 6.07 Å². The van der Waals surface area contributed by atoms with E-state index in [1.165, 1.54) is 7.11 Å². The Hall–Kier alpha value is -0.830. The molecular weight excluding hydrogens is 232 g/mol. The van der Waals surface area contributed by atoms with Crippen molar-refractivity contribution in [1.29, 1.82) is 0 Å². The first-order valence-corrected chi connectivity index (χ1v) is 4.89. The van der Waals surface area contributed by atoms with Crippen LogP contribution in [-0.2, 0) is 4.74 Å². The van der Waals surface area contributed by atoms with Gasteiger partial charge in [-0.3, -0.25) is 0 Å². The van der Waals surface area contributed by atoms with Gasteiger partial charge in [0, 0.05) is 4.83 Å². The van der Waals surface area contributed by atoms with Crippen molar-refractivity contribution in [2.24, 2.45) is 0 Å². The number of carbonyl (C=O) groups is 1. The minimum absolute atomic E-state index is 0.155. The molecule has 1 unspecified atom stereocenters. The number of carbonyl (C=O) groups excluding carboxylic acids is 1. The van der Waals surface area contributed by atoms with Crippen molar-refractivity contribution in [2.75, 3.05) is 7.11 Å². The molecule has 1 aromatic carbocycles. The molecule has 2 nitrogen and oxygen atoms in total. The van der Waals surface area contributed by atoms with Gasteiger partial charge in [0.05, 0.1) is 12.7 Å². The summed E-state index contributed by atoms with van der Waals surface area (Å²) in [5.41, 5.74) is 1.57. The van der Waals surface area contributed by atoms with Crippen LogP contribution in [0.1, 0.15) is 27.7 Å². The fourth-order valence-electron chi connectivity index (χ4n) is 1.14. The van der Waals surface area contributed by atoms with Crippen LogP contribution >= 0.6 is 15.9 Å². The largest absolute Gasteiger partial charge is 0.465 e. The fourth-order valence-corrected chi connectivity index (χ4v) is 1.54. The summed E-state index contributed by atoms with van der Waals surface area (Å²) >= 11 is 3.42. The second-order valence-corrected chi connectivity index (χ2v) is 4.07. The number of methoxy groups -OCH3 is 1. The van der Waals surface area contributed by atoms with Crippen LogP contribution in [0.5, 0.6) is 0 Å². The second kappa shape index (κ2) is 4.42. The summed E-state index contributed by atoms with van der Waals surface area (Å²) in [6, 6.07) is 7.40. The summed E-state index contributed by atoms with van der Waals surface area (Å²) in [5, 5.41) is 0. The zero-order valence-electron chi connectivity index (χ0n) is 7.58. The zero-order chi connectivity index (χ0) is 9.84. The molecule has 0 aliphatic heterocycles. The Morgan fingerprint density at radius 2 is 2.08 bits per heavy atom. The van der Waals surface area contributed by atoms with E-state index in [4.69, 9.17) is 0 Å². The zero-order valence-corrected chi connectivity index (χ0v) is 9.17. The number of ether oxygens (including phenoxy) is 1. The number of esters is 1. The first kappa shape index (κ1) is 10.3. The molecule has 0 bridgehead atoms. The number of hydrogen-bond donors (Lipinski definition) is 0. The van der Waals surface area contributed by atoms with Gasteiger partial charge in [-0.2, -0.15) is 0 Å². The Morgan fingerprint density at radius 3 is 2.62 bits per heavy atom. The molecule has 0 saturated carbocycles. The van der Waals surface area contributed by atoms with E-state index in [0.29, 0.717) is 5.56 Å². The monoisotopic (exact) mass is 242 g/mol. The normalized spacial score (nSPS) is 12.2. The van der Waals surface area contributed by atoms with Crippen molar-refractivity contribution in [3.05, 3.63) is 35.4 Å². The lowest BCUT2D eigenvalue weighted by Crippen LogP contribution is -2.05. The maximum atomic E-state index is 11.3. The molecule has 0 N–H and O–H groups in total. The third-order valence-corrected chi connectivity index (χ3v) is 2.29. The highest BCUT2D eigenvalue weighted by molar-refractivity contribution is 9.09. The first-order chi connectivity index (χ1) is 6.16. The molecule has 0 heterocycles. The van der Waals surface area contributed by atoms with Gasteiger partial charge in [0.15, 0.2) is 0 Å². The molecular formula is C10H11BrO2. The first-order valence-electron chi connectivity index (χ1n) is 3.98. The molecule has 13 heavy (non-hydrogen) atoms. The van der Waals surface area contributed by atoms with Gasteiger partial charge in [0.25, 0.3) is 0 Å². The van der Waals surface area contributed by atoms with Crippen molar-refractivity contribution in [3.8, 4) is 0 Å². The van der Waals surface area contributed by atoms with Crippen LogP contribution in [0.2, 0.25) is 0 Å². The number of rotatable bonds is 2. The molecule has 0 aliphatic carbocycles. The average molecular weight is 243 g/mol. The number of alkyl halides is 1. The van der Waals surface area contributed by atoms with Crippen LogP contribution in [0.3, 0.4) is 0 Å². The van der Waals surface area contributed by atoms with Crippen molar-refractivity contribution >= 4 is 21.9 Å². The standard InChI is InChI=1S/C10H11BrO2/c1-7(11)8-5-3-4-6-9(8)10(12)13-2/h3-7H,1-2H3. The van der Waals surface area contributed by atoms with Gasteiger partial charge in [-0.1, -0.05) is 34.1 Å². The fraction of sp³-hybridized carbons (Fsp3) is 0.300. The van der Waals surface area contributed by atoms with Crippen LogP contribution in [0, 0.1) is 0 Å². The molecule has 0 aromatic heterocycles. The molecule has 3 heteroatoms. The summed E-state index contributed by atoms with van der Waals surface area (Å²) in [6.45, 7) is 1.97. The second-order valence-electron chi connectivity index (χ2n) is 2.69. The SMILES string of the molecule is COC(=O)c1ccccc1C(C)Br. The smallest absolute Gasteiger partial charge is 0.338 e. The van der Waals surface area contributed by atoms with E-state index in [1.807, 2.05) is 25.1 Å². The highest BCUT2D eigenvalue weighted by atomic mass is 79.9. The molecule has 0 saturated heterocycles. The van der Waals surface area contributed by atoms with Gasteiger partial charge in [-0.15, -0.1) is 0 Å². The third-order valence-electron chi connectivity index (χ3n) is 1.79. The van der Waals surface area contributed by atoms with E-state index in [9.17, 15) is 4.79 Å². The van der Waals surface area contributed by atoms with Crippen LogP contribution < -0.4 is 0 Å². The molecule has 0 amide bonds. The number of halogens is 1. The predicted molar refractivity (Wildman–Crippen MR) is 55.1 cm³/mol. The van der Waals surface area contributed by atoms with Crippen molar-refractivity contribution < 1.29 is 9.53 Å². The minimum atomic E-state index is -0.290. The predicted octanol–water partition coefficient (Wildman–Crippen LogP) is 2.93. The Balaban J connectivity index is 3.12. The molecule has 0 aliphatic rings. The maximum absolute atomic E-state index is 11.3. The summed E-state index contributed by atoms with van der Waals surface area (Å²) in [7, 11) is 1.39. The van der Waals surface area contributed by atoms with E-state index in [0.717, 1.165) is 5.56 Å². The summed E-state index contributed by atoms with van der Waals surface area (Å²) in [5.74, 6) is -0.290. The molecule has 1 rings (SSSR count). The molecule has 1 aromatic rings. The Bertz CT molecular complexity index is 308. The van der Waals surface area contributed by atoms with Gasteiger partial charge in [0.2, 0.25) is 0 Å². The van der Waals surface area contributed by atoms with Crippen LogP contribution in [0.15, 0.2) is 24.3 Å². The quantitative estimate of drug-likeness (QED) is 0.589. The Labute approximate surface area is 86.0 Å².